The summed E-state index contributed by atoms with van der Waals surface area (Å²) in [5.74, 6) is 2.21. The molecule has 18 heavy (non-hydrogen) atoms. The lowest BCUT2D eigenvalue weighted by Gasteiger charge is -2.30. The predicted molar refractivity (Wildman–Crippen MR) is 79.3 cm³/mol. The van der Waals surface area contributed by atoms with E-state index in [2.05, 4.69) is 36.5 Å². The number of aryl methyl sites for hydroxylation is 1. The molecule has 1 aromatic rings. The Balaban J connectivity index is 2.06. The van der Waals surface area contributed by atoms with Crippen LogP contribution in [-0.2, 0) is 11.2 Å². The van der Waals surface area contributed by atoms with Gasteiger partial charge in [0, 0.05) is 11.5 Å². The van der Waals surface area contributed by atoms with Gasteiger partial charge < -0.3 is 10.1 Å². The topological polar surface area (TPSA) is 21.3 Å². The van der Waals surface area contributed by atoms with E-state index in [1.807, 2.05) is 18.8 Å². The molecule has 1 fully saturated rings. The van der Waals surface area contributed by atoms with E-state index in [4.69, 9.17) is 4.74 Å². The van der Waals surface area contributed by atoms with Crippen LogP contribution in [0.1, 0.15) is 30.5 Å². The van der Waals surface area contributed by atoms with Crippen LogP contribution in [0, 0.1) is 0 Å². The summed E-state index contributed by atoms with van der Waals surface area (Å²) < 4.78 is 5.88. The molecule has 2 rings (SSSR count). The van der Waals surface area contributed by atoms with Gasteiger partial charge in [-0.05, 0) is 24.6 Å². The fourth-order valence-corrected chi connectivity index (χ4v) is 3.35. The highest BCUT2D eigenvalue weighted by Crippen LogP contribution is 2.25. The fourth-order valence-electron chi connectivity index (χ4n) is 2.45. The number of benzene rings is 1. The van der Waals surface area contributed by atoms with Crippen LogP contribution in [0.3, 0.4) is 0 Å². The highest BCUT2D eigenvalue weighted by atomic mass is 32.2. The molecule has 2 atom stereocenters. The fraction of sp³-hybridized carbons (Fsp3) is 0.600. The summed E-state index contributed by atoms with van der Waals surface area (Å²) in [5, 5.41) is 3.40. The Morgan fingerprint density at radius 2 is 2.17 bits per heavy atom. The van der Waals surface area contributed by atoms with Crippen LogP contribution in [0.25, 0.3) is 0 Å². The molecule has 1 saturated heterocycles. The smallest absolute Gasteiger partial charge is 0.0860 e. The van der Waals surface area contributed by atoms with Crippen molar-refractivity contribution < 1.29 is 4.74 Å². The lowest BCUT2D eigenvalue weighted by atomic mass is 9.99. The van der Waals surface area contributed by atoms with Gasteiger partial charge in [-0.3, -0.25) is 0 Å². The third-order valence-corrected chi connectivity index (χ3v) is 4.42. The van der Waals surface area contributed by atoms with Crippen molar-refractivity contribution in [2.75, 3.05) is 25.2 Å². The van der Waals surface area contributed by atoms with Crippen LogP contribution in [-0.4, -0.2) is 31.3 Å². The van der Waals surface area contributed by atoms with Gasteiger partial charge in [0.1, 0.15) is 0 Å². The molecule has 2 nitrogen and oxygen atoms in total. The highest BCUT2D eigenvalue weighted by Gasteiger charge is 2.24. The second kappa shape index (κ2) is 7.17. The molecule has 2 unspecified atom stereocenters. The van der Waals surface area contributed by atoms with Gasteiger partial charge >= 0.3 is 0 Å². The third-order valence-electron chi connectivity index (χ3n) is 3.40. The highest BCUT2D eigenvalue weighted by molar-refractivity contribution is 7.99. The Morgan fingerprint density at radius 1 is 1.39 bits per heavy atom. The number of thioether (sulfide) groups is 1. The molecule has 1 heterocycles. The van der Waals surface area contributed by atoms with E-state index in [-0.39, 0.29) is 0 Å². The minimum absolute atomic E-state index is 0.297. The quantitative estimate of drug-likeness (QED) is 0.884. The van der Waals surface area contributed by atoms with Gasteiger partial charge in [-0.2, -0.15) is 11.8 Å². The van der Waals surface area contributed by atoms with Crippen molar-refractivity contribution >= 4 is 11.8 Å². The second-order valence-corrected chi connectivity index (χ2v) is 5.89. The summed E-state index contributed by atoms with van der Waals surface area (Å²) in [6.07, 6.45) is 2.67. The number of nitrogens with one attached hydrogen (secondary N) is 1. The molecule has 0 radical (unpaired) electrons. The Bertz CT molecular complexity index is 346. The molecule has 100 valence electrons. The van der Waals surface area contributed by atoms with Crippen molar-refractivity contribution in [3.8, 4) is 0 Å². The zero-order valence-corrected chi connectivity index (χ0v) is 12.1. The summed E-state index contributed by atoms with van der Waals surface area (Å²) in [5.41, 5.74) is 2.76. The maximum atomic E-state index is 5.88. The average molecular weight is 265 g/mol. The molecule has 1 aliphatic heterocycles. The molecule has 0 saturated carbocycles. The van der Waals surface area contributed by atoms with Crippen LogP contribution in [0.2, 0.25) is 0 Å². The maximum absolute atomic E-state index is 5.88. The minimum Gasteiger partial charge on any atom is -0.375 e. The van der Waals surface area contributed by atoms with Gasteiger partial charge in [-0.15, -0.1) is 0 Å². The first kappa shape index (κ1) is 13.9. The largest absolute Gasteiger partial charge is 0.375 e. The number of ether oxygens (including phenoxy) is 1. The first-order chi connectivity index (χ1) is 8.85. The van der Waals surface area contributed by atoms with Crippen LogP contribution in [0.5, 0.6) is 0 Å². The lowest BCUT2D eigenvalue weighted by Crippen LogP contribution is -2.36. The molecule has 0 spiro atoms. The summed E-state index contributed by atoms with van der Waals surface area (Å²) in [4.78, 5) is 0. The third kappa shape index (κ3) is 3.50. The van der Waals surface area contributed by atoms with Gasteiger partial charge in [0.05, 0.1) is 18.8 Å². The van der Waals surface area contributed by atoms with E-state index < -0.39 is 0 Å². The average Bonchev–Trinajstić information content (AvgIpc) is 2.43. The van der Waals surface area contributed by atoms with E-state index in [9.17, 15) is 0 Å². The predicted octanol–water partition coefficient (Wildman–Crippen LogP) is 3.03. The normalized spacial score (nSPS) is 21.8. The molecular formula is C15H23NOS. The SMILES string of the molecule is CCCc1ccc(C(NC)C2CSCCO2)cc1. The first-order valence-corrected chi connectivity index (χ1v) is 7.96. The van der Waals surface area contributed by atoms with Crippen LogP contribution in [0.15, 0.2) is 24.3 Å². The van der Waals surface area contributed by atoms with Crippen LogP contribution >= 0.6 is 11.8 Å². The monoisotopic (exact) mass is 265 g/mol. The molecular weight excluding hydrogens is 242 g/mol. The maximum Gasteiger partial charge on any atom is 0.0860 e. The Morgan fingerprint density at radius 3 is 2.72 bits per heavy atom. The van der Waals surface area contributed by atoms with Crippen LogP contribution < -0.4 is 5.32 Å². The molecule has 3 heteroatoms. The van der Waals surface area contributed by atoms with Crippen LogP contribution in [0.4, 0.5) is 0 Å². The van der Waals surface area contributed by atoms with Gasteiger partial charge in [0.2, 0.25) is 0 Å². The van der Waals surface area contributed by atoms with Gasteiger partial charge in [-0.25, -0.2) is 0 Å². The number of rotatable bonds is 5. The Hall–Kier alpha value is -0.510. The van der Waals surface area contributed by atoms with Crippen molar-refractivity contribution in [3.63, 3.8) is 0 Å². The van der Waals surface area contributed by atoms with E-state index in [0.717, 1.165) is 18.1 Å². The van der Waals surface area contributed by atoms with Crippen molar-refractivity contribution in [1.82, 2.24) is 5.32 Å². The van der Waals surface area contributed by atoms with E-state index >= 15 is 0 Å². The zero-order valence-electron chi connectivity index (χ0n) is 11.3. The first-order valence-electron chi connectivity index (χ1n) is 6.80. The standard InChI is InChI=1S/C15H23NOS/c1-3-4-12-5-7-13(8-6-12)15(16-2)14-11-18-10-9-17-14/h5-8,14-16H,3-4,9-11H2,1-2H3. The zero-order chi connectivity index (χ0) is 12.8. The minimum atomic E-state index is 0.297. The Labute approximate surface area is 114 Å². The molecule has 0 bridgehead atoms. The van der Waals surface area contributed by atoms with E-state index in [1.54, 1.807) is 0 Å². The second-order valence-electron chi connectivity index (χ2n) is 4.74. The lowest BCUT2D eigenvalue weighted by molar-refractivity contribution is 0.0488. The van der Waals surface area contributed by atoms with E-state index in [0.29, 0.717) is 12.1 Å². The van der Waals surface area contributed by atoms with Gasteiger partial charge in [-0.1, -0.05) is 37.6 Å². The van der Waals surface area contributed by atoms with Crippen molar-refractivity contribution in [2.45, 2.75) is 31.9 Å². The molecule has 0 amide bonds. The summed E-state index contributed by atoms with van der Waals surface area (Å²) in [6, 6.07) is 9.30. The molecule has 1 aliphatic rings. The van der Waals surface area contributed by atoms with Gasteiger partial charge in [0.15, 0.2) is 0 Å². The molecule has 0 aromatic heterocycles. The molecule has 1 N–H and O–H groups in total. The van der Waals surface area contributed by atoms with Gasteiger partial charge in [0.25, 0.3) is 0 Å². The van der Waals surface area contributed by atoms with Crippen molar-refractivity contribution in [2.24, 2.45) is 0 Å². The molecule has 1 aromatic carbocycles. The van der Waals surface area contributed by atoms with E-state index in [1.165, 1.54) is 24.0 Å². The van der Waals surface area contributed by atoms with Crippen molar-refractivity contribution in [3.05, 3.63) is 35.4 Å². The van der Waals surface area contributed by atoms with Crippen molar-refractivity contribution in [1.29, 1.82) is 0 Å². The summed E-state index contributed by atoms with van der Waals surface area (Å²) >= 11 is 1.99. The number of hydrogen-bond donors (Lipinski definition) is 1. The summed E-state index contributed by atoms with van der Waals surface area (Å²) in [6.45, 7) is 3.10. The summed E-state index contributed by atoms with van der Waals surface area (Å²) in [7, 11) is 2.02. The molecule has 0 aliphatic carbocycles. The number of hydrogen-bond acceptors (Lipinski definition) is 3. The Kier molecular flexibility index (Phi) is 5.54. The number of likely N-dealkylation sites (N-methyl/N-ethyl adjacent to an activating group) is 1.